The molecule has 10 heteroatoms. The number of non-ortho nitro benzene ring substituents is 1. The molecular weight excluding hydrogens is 428 g/mol. The van der Waals surface area contributed by atoms with Crippen molar-refractivity contribution >= 4 is 23.4 Å². The van der Waals surface area contributed by atoms with Crippen molar-refractivity contribution in [2.24, 2.45) is 0 Å². The van der Waals surface area contributed by atoms with Gasteiger partial charge in [-0.15, -0.1) is 10.2 Å². The fourth-order valence-corrected chi connectivity index (χ4v) is 3.75. The SMILES string of the molecule is O=C(CSc1nnc(-c2ccc([N+](=O)[O-])cc2)n1-c1ccccc1)NCc1ccccn1. The molecule has 0 spiro atoms. The summed E-state index contributed by atoms with van der Waals surface area (Å²) in [6, 6.07) is 21.1. The number of carbonyl (C=O) groups excluding carboxylic acids is 1. The third kappa shape index (κ3) is 4.98. The molecule has 160 valence electrons. The molecule has 0 unspecified atom stereocenters. The number of amides is 1. The number of nitrogens with zero attached hydrogens (tertiary/aromatic N) is 5. The lowest BCUT2D eigenvalue weighted by Crippen LogP contribution is -2.25. The van der Waals surface area contributed by atoms with Crippen molar-refractivity contribution < 1.29 is 9.72 Å². The number of nitro benzene ring substituents is 1. The molecule has 0 atom stereocenters. The second-order valence-electron chi connectivity index (χ2n) is 6.67. The number of rotatable bonds is 8. The molecule has 32 heavy (non-hydrogen) atoms. The Morgan fingerprint density at radius 3 is 2.44 bits per heavy atom. The van der Waals surface area contributed by atoms with Crippen molar-refractivity contribution in [3.05, 3.63) is 94.8 Å². The van der Waals surface area contributed by atoms with Gasteiger partial charge in [-0.05, 0) is 36.4 Å². The van der Waals surface area contributed by atoms with E-state index in [1.165, 1.54) is 23.9 Å². The number of hydrogen-bond acceptors (Lipinski definition) is 7. The number of nitrogens with one attached hydrogen (secondary N) is 1. The fourth-order valence-electron chi connectivity index (χ4n) is 2.97. The smallest absolute Gasteiger partial charge is 0.269 e. The summed E-state index contributed by atoms with van der Waals surface area (Å²) in [5.41, 5.74) is 2.28. The van der Waals surface area contributed by atoms with E-state index in [1.54, 1.807) is 18.3 Å². The average Bonchev–Trinajstić information content (AvgIpc) is 3.26. The summed E-state index contributed by atoms with van der Waals surface area (Å²) in [5, 5.41) is 22.9. The van der Waals surface area contributed by atoms with E-state index >= 15 is 0 Å². The van der Waals surface area contributed by atoms with E-state index in [2.05, 4.69) is 20.5 Å². The highest BCUT2D eigenvalue weighted by Gasteiger charge is 2.18. The van der Waals surface area contributed by atoms with Gasteiger partial charge in [-0.1, -0.05) is 36.0 Å². The molecule has 0 saturated heterocycles. The first-order valence-electron chi connectivity index (χ1n) is 9.67. The van der Waals surface area contributed by atoms with E-state index in [0.717, 1.165) is 11.4 Å². The number of para-hydroxylation sites is 1. The van der Waals surface area contributed by atoms with Crippen LogP contribution in [0.5, 0.6) is 0 Å². The summed E-state index contributed by atoms with van der Waals surface area (Å²) < 4.78 is 1.83. The number of aromatic nitrogens is 4. The normalized spacial score (nSPS) is 10.6. The number of hydrogen-bond donors (Lipinski definition) is 1. The van der Waals surface area contributed by atoms with Crippen LogP contribution in [0.25, 0.3) is 17.1 Å². The molecule has 4 rings (SSSR count). The number of carbonyl (C=O) groups is 1. The molecule has 2 aromatic heterocycles. The zero-order valence-electron chi connectivity index (χ0n) is 16.8. The molecule has 2 heterocycles. The van der Waals surface area contributed by atoms with E-state index in [0.29, 0.717) is 23.1 Å². The first kappa shape index (κ1) is 21.2. The van der Waals surface area contributed by atoms with Crippen LogP contribution in [-0.4, -0.2) is 36.3 Å². The van der Waals surface area contributed by atoms with Gasteiger partial charge in [-0.25, -0.2) is 0 Å². The maximum absolute atomic E-state index is 12.3. The Bertz CT molecular complexity index is 1210. The molecule has 0 saturated carbocycles. The average molecular weight is 446 g/mol. The van der Waals surface area contributed by atoms with Gasteiger partial charge in [0.25, 0.3) is 5.69 Å². The lowest BCUT2D eigenvalue weighted by atomic mass is 10.2. The van der Waals surface area contributed by atoms with E-state index in [4.69, 9.17) is 0 Å². The van der Waals surface area contributed by atoms with E-state index in [1.807, 2.05) is 53.1 Å². The number of benzene rings is 2. The molecule has 1 amide bonds. The van der Waals surface area contributed by atoms with Crippen LogP contribution in [0.1, 0.15) is 5.69 Å². The Kier molecular flexibility index (Phi) is 6.52. The van der Waals surface area contributed by atoms with E-state index in [-0.39, 0.29) is 17.3 Å². The van der Waals surface area contributed by atoms with Crippen LogP contribution in [0.2, 0.25) is 0 Å². The molecule has 0 aliphatic heterocycles. The predicted octanol–water partition coefficient (Wildman–Crippen LogP) is 3.65. The van der Waals surface area contributed by atoms with Crippen molar-refractivity contribution in [2.45, 2.75) is 11.7 Å². The van der Waals surface area contributed by atoms with Crippen LogP contribution >= 0.6 is 11.8 Å². The largest absolute Gasteiger partial charge is 0.350 e. The van der Waals surface area contributed by atoms with Gasteiger partial charge in [0.1, 0.15) is 0 Å². The molecule has 2 aromatic carbocycles. The highest BCUT2D eigenvalue weighted by Crippen LogP contribution is 2.28. The van der Waals surface area contributed by atoms with Crippen molar-refractivity contribution in [1.82, 2.24) is 25.1 Å². The Morgan fingerprint density at radius 1 is 1.00 bits per heavy atom. The lowest BCUT2D eigenvalue weighted by Gasteiger charge is -2.10. The maximum atomic E-state index is 12.3. The second kappa shape index (κ2) is 9.84. The van der Waals surface area contributed by atoms with Gasteiger partial charge in [0.15, 0.2) is 11.0 Å². The minimum atomic E-state index is -0.448. The second-order valence-corrected chi connectivity index (χ2v) is 7.61. The summed E-state index contributed by atoms with van der Waals surface area (Å²) >= 11 is 1.26. The van der Waals surface area contributed by atoms with Crippen LogP contribution in [0.3, 0.4) is 0 Å². The molecule has 1 N–H and O–H groups in total. The topological polar surface area (TPSA) is 116 Å². The highest BCUT2D eigenvalue weighted by molar-refractivity contribution is 7.99. The third-order valence-corrected chi connectivity index (χ3v) is 5.44. The van der Waals surface area contributed by atoms with Gasteiger partial charge in [0.05, 0.1) is 22.9 Å². The van der Waals surface area contributed by atoms with Gasteiger partial charge in [0, 0.05) is 29.6 Å². The lowest BCUT2D eigenvalue weighted by molar-refractivity contribution is -0.384. The van der Waals surface area contributed by atoms with Crippen molar-refractivity contribution in [1.29, 1.82) is 0 Å². The Hall–Kier alpha value is -4.05. The molecule has 0 aliphatic carbocycles. The van der Waals surface area contributed by atoms with Crippen molar-refractivity contribution in [3.63, 3.8) is 0 Å². The zero-order valence-corrected chi connectivity index (χ0v) is 17.6. The van der Waals surface area contributed by atoms with E-state index < -0.39 is 4.92 Å². The van der Waals surface area contributed by atoms with Gasteiger partial charge in [-0.2, -0.15) is 0 Å². The molecule has 0 aliphatic rings. The summed E-state index contributed by atoms with van der Waals surface area (Å²) in [5.74, 6) is 0.528. The maximum Gasteiger partial charge on any atom is 0.269 e. The van der Waals surface area contributed by atoms with Crippen LogP contribution in [0, 0.1) is 10.1 Å². The summed E-state index contributed by atoms with van der Waals surface area (Å²) in [6.07, 6.45) is 1.68. The number of thioether (sulfide) groups is 1. The Labute approximate surface area is 187 Å². The molecule has 9 nitrogen and oxygen atoms in total. The zero-order chi connectivity index (χ0) is 22.3. The van der Waals surface area contributed by atoms with Crippen LogP contribution in [0.4, 0.5) is 5.69 Å². The van der Waals surface area contributed by atoms with Crippen LogP contribution < -0.4 is 5.32 Å². The predicted molar refractivity (Wildman–Crippen MR) is 120 cm³/mol. The molecule has 0 bridgehead atoms. The molecule has 0 radical (unpaired) electrons. The summed E-state index contributed by atoms with van der Waals surface area (Å²) in [4.78, 5) is 27.0. The van der Waals surface area contributed by atoms with Crippen molar-refractivity contribution in [3.8, 4) is 17.1 Å². The minimum absolute atomic E-state index is 0.00120. The first-order valence-corrected chi connectivity index (χ1v) is 10.7. The molecule has 4 aromatic rings. The van der Waals surface area contributed by atoms with Gasteiger partial charge >= 0.3 is 0 Å². The van der Waals surface area contributed by atoms with Gasteiger partial charge < -0.3 is 5.32 Å². The van der Waals surface area contributed by atoms with E-state index in [9.17, 15) is 14.9 Å². The number of nitro groups is 1. The van der Waals surface area contributed by atoms with Crippen molar-refractivity contribution in [2.75, 3.05) is 5.75 Å². The third-order valence-electron chi connectivity index (χ3n) is 4.51. The molecular formula is C22H18N6O3S. The Morgan fingerprint density at radius 2 is 1.75 bits per heavy atom. The Balaban J connectivity index is 1.54. The molecule has 0 fully saturated rings. The number of pyridine rings is 1. The highest BCUT2D eigenvalue weighted by atomic mass is 32.2. The first-order chi connectivity index (χ1) is 15.6. The summed E-state index contributed by atoms with van der Waals surface area (Å²) in [7, 11) is 0. The van der Waals surface area contributed by atoms with Crippen LogP contribution in [0.15, 0.2) is 84.1 Å². The van der Waals surface area contributed by atoms with Gasteiger partial charge in [-0.3, -0.25) is 24.5 Å². The standard InChI is InChI=1S/C22H18N6O3S/c29-20(24-14-17-6-4-5-13-23-17)15-32-22-26-25-21(27(22)18-7-2-1-3-8-18)16-9-11-19(12-10-16)28(30)31/h1-13H,14-15H2,(H,24,29). The van der Waals surface area contributed by atoms with Crippen LogP contribution in [-0.2, 0) is 11.3 Å². The summed E-state index contributed by atoms with van der Waals surface area (Å²) in [6.45, 7) is 0.347. The fraction of sp³-hybridized carbons (Fsp3) is 0.0909. The quantitative estimate of drug-likeness (QED) is 0.249. The van der Waals surface area contributed by atoms with Gasteiger partial charge in [0.2, 0.25) is 5.91 Å². The minimum Gasteiger partial charge on any atom is -0.350 e. The monoisotopic (exact) mass is 446 g/mol.